The third-order valence-corrected chi connectivity index (χ3v) is 6.87. The van der Waals surface area contributed by atoms with Crippen molar-refractivity contribution >= 4 is 28.5 Å². The van der Waals surface area contributed by atoms with Gasteiger partial charge in [-0.15, -0.1) is 0 Å². The van der Waals surface area contributed by atoms with Crippen molar-refractivity contribution in [3.05, 3.63) is 53.3 Å². The zero-order valence-corrected chi connectivity index (χ0v) is 22.2. The Morgan fingerprint density at radius 2 is 1.88 bits per heavy atom. The van der Waals surface area contributed by atoms with E-state index >= 15 is 0 Å². The number of hydrogen-bond acceptors (Lipinski definition) is 7. The molecule has 1 fully saturated rings. The van der Waals surface area contributed by atoms with E-state index in [1.807, 2.05) is 6.92 Å². The number of rotatable bonds is 9. The quantitative estimate of drug-likeness (QED) is 0.295. The van der Waals surface area contributed by atoms with E-state index in [1.165, 1.54) is 15.5 Å². The van der Waals surface area contributed by atoms with Gasteiger partial charge in [0.15, 0.2) is 12.4 Å². The number of carbonyl (C=O) groups excluding carboxylic acids is 2. The SMILES string of the molecule is CCc1nc2c(cc1NC(=O)c1ccccc1)c(OCC(F)(F)F)c(C(O)NC1CCN(C(=O)CO)CC1)n2C. The number of aliphatic hydroxyl groups is 2. The lowest BCUT2D eigenvalue weighted by molar-refractivity contribution is -0.153. The number of halogens is 3. The Bertz CT molecular complexity index is 1350. The number of likely N-dealkylation sites (tertiary alicyclic amines) is 1. The number of nitrogens with zero attached hydrogens (tertiary/aromatic N) is 3. The monoisotopic (exact) mass is 563 g/mol. The molecule has 10 nitrogen and oxygen atoms in total. The Morgan fingerprint density at radius 3 is 2.48 bits per heavy atom. The van der Waals surface area contributed by atoms with Crippen molar-refractivity contribution in [1.29, 1.82) is 0 Å². The molecule has 4 rings (SSSR count). The second kappa shape index (κ2) is 12.2. The van der Waals surface area contributed by atoms with E-state index < -0.39 is 31.5 Å². The number of amides is 2. The van der Waals surface area contributed by atoms with Gasteiger partial charge in [-0.3, -0.25) is 14.9 Å². The first-order chi connectivity index (χ1) is 19.0. The minimum atomic E-state index is -4.63. The molecule has 1 atom stereocenters. The van der Waals surface area contributed by atoms with Crippen molar-refractivity contribution in [2.45, 2.75) is 44.6 Å². The molecule has 3 aromatic rings. The van der Waals surface area contributed by atoms with Crippen LogP contribution in [0.2, 0.25) is 0 Å². The van der Waals surface area contributed by atoms with Gasteiger partial charge < -0.3 is 29.7 Å². The number of alkyl halides is 3. The first kappa shape index (κ1) is 29.3. The van der Waals surface area contributed by atoms with Crippen LogP contribution < -0.4 is 15.4 Å². The summed E-state index contributed by atoms with van der Waals surface area (Å²) in [5.41, 5.74) is 1.56. The predicted molar refractivity (Wildman–Crippen MR) is 141 cm³/mol. The summed E-state index contributed by atoms with van der Waals surface area (Å²) in [6.45, 7) is 0.387. The number of aromatic nitrogens is 2. The third kappa shape index (κ3) is 6.54. The Labute approximate surface area is 228 Å². The summed E-state index contributed by atoms with van der Waals surface area (Å²) in [6.07, 6.45) is -4.69. The maximum Gasteiger partial charge on any atom is 0.422 e. The Kier molecular flexibility index (Phi) is 8.96. The summed E-state index contributed by atoms with van der Waals surface area (Å²) >= 11 is 0. The number of ether oxygens (including phenoxy) is 1. The van der Waals surface area contributed by atoms with Gasteiger partial charge >= 0.3 is 6.18 Å². The van der Waals surface area contributed by atoms with Crippen molar-refractivity contribution < 1.29 is 37.7 Å². The van der Waals surface area contributed by atoms with Gasteiger partial charge in [0.1, 0.15) is 24.2 Å². The molecule has 2 aromatic heterocycles. The Balaban J connectivity index is 1.68. The molecule has 0 spiro atoms. The van der Waals surface area contributed by atoms with Gasteiger partial charge in [0.2, 0.25) is 5.91 Å². The van der Waals surface area contributed by atoms with Crippen LogP contribution in [0.4, 0.5) is 18.9 Å². The second-order valence-corrected chi connectivity index (χ2v) is 9.59. The van der Waals surface area contributed by atoms with E-state index in [9.17, 15) is 27.9 Å². The summed E-state index contributed by atoms with van der Waals surface area (Å²) < 4.78 is 46.4. The zero-order chi connectivity index (χ0) is 29.0. The summed E-state index contributed by atoms with van der Waals surface area (Å²) in [6, 6.07) is 9.75. The average molecular weight is 564 g/mol. The molecule has 1 saturated heterocycles. The van der Waals surface area contributed by atoms with E-state index in [1.54, 1.807) is 37.4 Å². The zero-order valence-electron chi connectivity index (χ0n) is 22.2. The molecular weight excluding hydrogens is 531 g/mol. The molecule has 13 heteroatoms. The lowest BCUT2D eigenvalue weighted by Crippen LogP contribution is -2.46. The molecule has 4 N–H and O–H groups in total. The lowest BCUT2D eigenvalue weighted by Gasteiger charge is -2.33. The van der Waals surface area contributed by atoms with Crippen LogP contribution in [-0.2, 0) is 18.3 Å². The number of benzene rings is 1. The molecule has 1 aliphatic rings. The van der Waals surface area contributed by atoms with Gasteiger partial charge in [0, 0.05) is 31.7 Å². The van der Waals surface area contributed by atoms with Gasteiger partial charge in [-0.25, -0.2) is 4.98 Å². The van der Waals surface area contributed by atoms with E-state index in [0.717, 1.165) is 0 Å². The van der Waals surface area contributed by atoms with Crippen LogP contribution in [0.15, 0.2) is 36.4 Å². The summed E-state index contributed by atoms with van der Waals surface area (Å²) in [5.74, 6) is -0.991. The highest BCUT2D eigenvalue weighted by Gasteiger charge is 2.33. The predicted octanol–water partition coefficient (Wildman–Crippen LogP) is 2.89. The molecule has 40 heavy (non-hydrogen) atoms. The molecule has 0 bridgehead atoms. The van der Waals surface area contributed by atoms with Gasteiger partial charge in [-0.1, -0.05) is 25.1 Å². The molecule has 1 unspecified atom stereocenters. The van der Waals surface area contributed by atoms with Gasteiger partial charge in [-0.2, -0.15) is 13.2 Å². The standard InChI is InChI=1S/C27H32F3N5O5/c1-3-19-20(33-25(38)16-7-5-4-6-8-16)13-18-23(40-15-27(28,29)30)22(34(2)24(18)32-19)26(39)31-17-9-11-35(12-10-17)21(37)14-36/h4-8,13,17,26,31,36,39H,3,9-12,14-15H2,1-2H3,(H,33,38). The maximum absolute atomic E-state index is 13.2. The van der Waals surface area contributed by atoms with Crippen LogP contribution in [0.25, 0.3) is 11.0 Å². The highest BCUT2D eigenvalue weighted by molar-refractivity contribution is 6.05. The largest absolute Gasteiger partial charge is 0.481 e. The minimum absolute atomic E-state index is 0.0502. The minimum Gasteiger partial charge on any atom is -0.481 e. The van der Waals surface area contributed by atoms with E-state index in [-0.39, 0.29) is 34.4 Å². The number of piperidine rings is 1. The lowest BCUT2D eigenvalue weighted by atomic mass is 10.0. The molecule has 2 amide bonds. The molecule has 0 aliphatic carbocycles. The number of nitrogens with one attached hydrogen (secondary N) is 2. The number of aryl methyl sites for hydroxylation is 2. The average Bonchev–Trinajstić information content (AvgIpc) is 3.21. The van der Waals surface area contributed by atoms with Gasteiger partial charge in [0.05, 0.1) is 16.8 Å². The number of anilines is 1. The highest BCUT2D eigenvalue weighted by Crippen LogP contribution is 2.38. The van der Waals surface area contributed by atoms with E-state index in [2.05, 4.69) is 15.6 Å². The number of carbonyl (C=O) groups is 2. The first-order valence-electron chi connectivity index (χ1n) is 12.9. The molecule has 0 radical (unpaired) electrons. The van der Waals surface area contributed by atoms with Crippen molar-refractivity contribution in [1.82, 2.24) is 19.8 Å². The third-order valence-electron chi connectivity index (χ3n) is 6.87. The van der Waals surface area contributed by atoms with Crippen LogP contribution in [0.1, 0.15) is 47.7 Å². The number of aliphatic hydroxyl groups excluding tert-OH is 2. The number of pyridine rings is 1. The van der Waals surface area contributed by atoms with Crippen LogP contribution in [0.3, 0.4) is 0 Å². The topological polar surface area (TPSA) is 129 Å². The summed E-state index contributed by atoms with van der Waals surface area (Å²) in [4.78, 5) is 30.7. The molecule has 1 aromatic carbocycles. The van der Waals surface area contributed by atoms with Crippen molar-refractivity contribution in [2.24, 2.45) is 7.05 Å². The molecule has 1 aliphatic heterocycles. The Morgan fingerprint density at radius 1 is 1.20 bits per heavy atom. The van der Waals surface area contributed by atoms with Crippen molar-refractivity contribution in [3.63, 3.8) is 0 Å². The van der Waals surface area contributed by atoms with Crippen LogP contribution in [-0.4, -0.2) is 75.0 Å². The number of fused-ring (bicyclic) bond motifs is 1. The summed E-state index contributed by atoms with van der Waals surface area (Å²) in [5, 5.41) is 26.3. The summed E-state index contributed by atoms with van der Waals surface area (Å²) in [7, 11) is 1.57. The fourth-order valence-corrected chi connectivity index (χ4v) is 4.84. The van der Waals surface area contributed by atoms with Crippen molar-refractivity contribution in [3.8, 4) is 5.75 Å². The molecular formula is C27H32F3N5O5. The highest BCUT2D eigenvalue weighted by atomic mass is 19.4. The second-order valence-electron chi connectivity index (χ2n) is 9.59. The molecule has 3 heterocycles. The normalized spacial score (nSPS) is 15.3. The van der Waals surface area contributed by atoms with Crippen LogP contribution in [0, 0.1) is 0 Å². The smallest absolute Gasteiger partial charge is 0.422 e. The molecule has 0 saturated carbocycles. The maximum atomic E-state index is 13.2. The van der Waals surface area contributed by atoms with Crippen LogP contribution >= 0.6 is 0 Å². The van der Waals surface area contributed by atoms with Crippen LogP contribution in [0.5, 0.6) is 5.75 Å². The van der Waals surface area contributed by atoms with E-state index in [0.29, 0.717) is 49.3 Å². The fourth-order valence-electron chi connectivity index (χ4n) is 4.84. The van der Waals surface area contributed by atoms with E-state index in [4.69, 9.17) is 9.84 Å². The molecule has 216 valence electrons. The van der Waals surface area contributed by atoms with Gasteiger partial charge in [0.25, 0.3) is 5.91 Å². The van der Waals surface area contributed by atoms with Crippen molar-refractivity contribution in [2.75, 3.05) is 31.6 Å². The Hall–Kier alpha value is -3.68. The fraction of sp³-hybridized carbons (Fsp3) is 0.444. The number of hydrogen-bond donors (Lipinski definition) is 4. The van der Waals surface area contributed by atoms with Gasteiger partial charge in [-0.05, 0) is 37.5 Å². The first-order valence-corrected chi connectivity index (χ1v) is 12.9.